The van der Waals surface area contributed by atoms with Gasteiger partial charge in [-0.1, -0.05) is 0 Å². The van der Waals surface area contributed by atoms with Crippen molar-refractivity contribution in [1.82, 2.24) is 0 Å². The van der Waals surface area contributed by atoms with E-state index in [1.54, 1.807) is 0 Å². The molecule has 76 valence electrons. The molecule has 3 nitrogen and oxygen atoms in total. The second kappa shape index (κ2) is 3.65. The molecule has 1 aromatic carbocycles. The maximum absolute atomic E-state index is 12.8. The Morgan fingerprint density at radius 1 is 1.43 bits per heavy atom. The van der Waals surface area contributed by atoms with Crippen LogP contribution in [0, 0.1) is 22.9 Å². The summed E-state index contributed by atoms with van der Waals surface area (Å²) in [5, 5.41) is 10.3. The Labute approximate surface area is 77.3 Å². The summed E-state index contributed by atoms with van der Waals surface area (Å²) in [6.45, 7) is 1.29. The van der Waals surface area contributed by atoms with E-state index in [1.807, 2.05) is 0 Å². The molecule has 0 aliphatic rings. The number of nitrogens with zero attached hydrogens (tertiary/aromatic N) is 1. The van der Waals surface area contributed by atoms with Crippen molar-refractivity contribution in [2.24, 2.45) is 0 Å². The normalized spacial score (nSPS) is 10.6. The molecular formula is C8H6F3NO2. The molecule has 1 aromatic rings. The van der Waals surface area contributed by atoms with E-state index in [-0.39, 0.29) is 5.56 Å². The standard InChI is InChI=1S/C8H6F3NO2/c1-4-2-6(9)5(8(10)11)3-7(4)12(13)14/h2-3,8H,1H3. The van der Waals surface area contributed by atoms with Crippen LogP contribution >= 0.6 is 0 Å². The highest BCUT2D eigenvalue weighted by molar-refractivity contribution is 5.43. The third-order valence-electron chi connectivity index (χ3n) is 1.75. The number of nitro benzene ring substituents is 1. The zero-order valence-corrected chi connectivity index (χ0v) is 7.13. The molecule has 1 rings (SSSR count). The predicted octanol–water partition coefficient (Wildman–Crippen LogP) is 2.98. The topological polar surface area (TPSA) is 43.1 Å². The number of benzene rings is 1. The molecule has 0 spiro atoms. The van der Waals surface area contributed by atoms with Gasteiger partial charge in [-0.05, 0) is 13.0 Å². The van der Waals surface area contributed by atoms with Gasteiger partial charge in [-0.2, -0.15) is 0 Å². The quantitative estimate of drug-likeness (QED) is 0.550. The summed E-state index contributed by atoms with van der Waals surface area (Å²) in [4.78, 5) is 9.53. The average molecular weight is 205 g/mol. The monoisotopic (exact) mass is 205 g/mol. The Hall–Kier alpha value is -1.59. The first kappa shape index (κ1) is 10.5. The number of hydrogen-bond donors (Lipinski definition) is 0. The highest BCUT2D eigenvalue weighted by Crippen LogP contribution is 2.28. The number of halogens is 3. The van der Waals surface area contributed by atoms with E-state index in [9.17, 15) is 23.3 Å². The van der Waals surface area contributed by atoms with Crippen LogP contribution in [-0.2, 0) is 0 Å². The van der Waals surface area contributed by atoms with E-state index in [0.717, 1.165) is 6.07 Å². The van der Waals surface area contributed by atoms with E-state index >= 15 is 0 Å². The lowest BCUT2D eigenvalue weighted by atomic mass is 10.1. The molecular weight excluding hydrogens is 199 g/mol. The van der Waals surface area contributed by atoms with E-state index in [2.05, 4.69) is 0 Å². The summed E-state index contributed by atoms with van der Waals surface area (Å²) in [5.41, 5.74) is -1.42. The van der Waals surface area contributed by atoms with Crippen molar-refractivity contribution in [2.75, 3.05) is 0 Å². The fraction of sp³-hybridized carbons (Fsp3) is 0.250. The van der Waals surface area contributed by atoms with Crippen LogP contribution in [0.15, 0.2) is 12.1 Å². The zero-order valence-electron chi connectivity index (χ0n) is 7.13. The van der Waals surface area contributed by atoms with Crippen LogP contribution in [0.25, 0.3) is 0 Å². The summed E-state index contributed by atoms with van der Waals surface area (Å²) < 4.78 is 37.1. The Morgan fingerprint density at radius 3 is 2.43 bits per heavy atom. The maximum atomic E-state index is 12.8. The minimum absolute atomic E-state index is 0.0249. The molecule has 0 radical (unpaired) electrons. The van der Waals surface area contributed by atoms with Gasteiger partial charge in [-0.3, -0.25) is 10.1 Å². The second-order valence-electron chi connectivity index (χ2n) is 2.72. The van der Waals surface area contributed by atoms with Gasteiger partial charge in [0.2, 0.25) is 0 Å². The highest BCUT2D eigenvalue weighted by Gasteiger charge is 2.20. The van der Waals surface area contributed by atoms with Crippen molar-refractivity contribution in [3.8, 4) is 0 Å². The molecule has 0 aliphatic heterocycles. The van der Waals surface area contributed by atoms with Gasteiger partial charge >= 0.3 is 0 Å². The molecule has 0 saturated heterocycles. The summed E-state index contributed by atoms with van der Waals surface area (Å²) in [7, 11) is 0. The number of hydrogen-bond acceptors (Lipinski definition) is 2. The van der Waals surface area contributed by atoms with E-state index < -0.39 is 28.4 Å². The van der Waals surface area contributed by atoms with Crippen LogP contribution in [0.3, 0.4) is 0 Å². The molecule has 0 N–H and O–H groups in total. The van der Waals surface area contributed by atoms with Crippen LogP contribution in [0.5, 0.6) is 0 Å². The fourth-order valence-electron chi connectivity index (χ4n) is 1.04. The van der Waals surface area contributed by atoms with Crippen LogP contribution in [0.4, 0.5) is 18.9 Å². The lowest BCUT2D eigenvalue weighted by Gasteiger charge is -2.03. The van der Waals surface area contributed by atoms with Gasteiger partial charge in [0.1, 0.15) is 5.82 Å². The largest absolute Gasteiger partial charge is 0.272 e. The predicted molar refractivity (Wildman–Crippen MR) is 42.7 cm³/mol. The Bertz CT molecular complexity index is 379. The number of rotatable bonds is 2. The van der Waals surface area contributed by atoms with Gasteiger partial charge < -0.3 is 0 Å². The summed E-state index contributed by atoms with van der Waals surface area (Å²) in [5.74, 6) is -1.12. The minimum atomic E-state index is -3.05. The highest BCUT2D eigenvalue weighted by atomic mass is 19.3. The van der Waals surface area contributed by atoms with Crippen LogP contribution in [0.2, 0.25) is 0 Å². The van der Waals surface area contributed by atoms with Crippen molar-refractivity contribution in [3.63, 3.8) is 0 Å². The Morgan fingerprint density at radius 2 is 2.00 bits per heavy atom. The SMILES string of the molecule is Cc1cc(F)c(C(F)F)cc1[N+](=O)[O-]. The molecule has 14 heavy (non-hydrogen) atoms. The first-order valence-electron chi connectivity index (χ1n) is 3.66. The average Bonchev–Trinajstić information content (AvgIpc) is 2.02. The van der Waals surface area contributed by atoms with Crippen molar-refractivity contribution in [1.29, 1.82) is 0 Å². The third kappa shape index (κ3) is 1.84. The lowest BCUT2D eigenvalue weighted by Crippen LogP contribution is -1.97. The van der Waals surface area contributed by atoms with Gasteiger partial charge in [-0.25, -0.2) is 13.2 Å². The minimum Gasteiger partial charge on any atom is -0.258 e. The lowest BCUT2D eigenvalue weighted by molar-refractivity contribution is -0.385. The molecule has 0 aliphatic carbocycles. The van der Waals surface area contributed by atoms with Gasteiger partial charge in [0.05, 0.1) is 10.5 Å². The second-order valence-corrected chi connectivity index (χ2v) is 2.72. The van der Waals surface area contributed by atoms with E-state index in [1.165, 1.54) is 6.92 Å². The van der Waals surface area contributed by atoms with E-state index in [0.29, 0.717) is 6.07 Å². The number of nitro groups is 1. The third-order valence-corrected chi connectivity index (χ3v) is 1.75. The van der Waals surface area contributed by atoms with Gasteiger partial charge in [0.15, 0.2) is 0 Å². The van der Waals surface area contributed by atoms with Crippen LogP contribution in [0.1, 0.15) is 17.6 Å². The Balaban J connectivity index is 3.34. The van der Waals surface area contributed by atoms with Crippen molar-refractivity contribution in [3.05, 3.63) is 39.2 Å². The van der Waals surface area contributed by atoms with Crippen molar-refractivity contribution >= 4 is 5.69 Å². The molecule has 6 heteroatoms. The molecule has 0 fully saturated rings. The molecule has 0 amide bonds. The van der Waals surface area contributed by atoms with Gasteiger partial charge in [0.25, 0.3) is 12.1 Å². The van der Waals surface area contributed by atoms with Crippen LogP contribution in [-0.4, -0.2) is 4.92 Å². The molecule has 0 bridgehead atoms. The zero-order chi connectivity index (χ0) is 10.9. The van der Waals surface area contributed by atoms with Gasteiger partial charge in [-0.15, -0.1) is 0 Å². The Kier molecular flexibility index (Phi) is 2.73. The summed E-state index contributed by atoms with van der Waals surface area (Å²) in [6.07, 6.45) is -3.05. The molecule has 0 unspecified atom stereocenters. The summed E-state index contributed by atoms with van der Waals surface area (Å²) >= 11 is 0. The van der Waals surface area contributed by atoms with E-state index in [4.69, 9.17) is 0 Å². The fourth-order valence-corrected chi connectivity index (χ4v) is 1.04. The molecule has 0 aromatic heterocycles. The maximum Gasteiger partial charge on any atom is 0.272 e. The first-order chi connectivity index (χ1) is 6.43. The first-order valence-corrected chi connectivity index (χ1v) is 3.66. The number of alkyl halides is 2. The number of aryl methyl sites for hydroxylation is 1. The van der Waals surface area contributed by atoms with Gasteiger partial charge in [0, 0.05) is 11.6 Å². The molecule has 0 heterocycles. The van der Waals surface area contributed by atoms with Crippen molar-refractivity contribution in [2.45, 2.75) is 13.3 Å². The summed E-state index contributed by atoms with van der Waals surface area (Å²) in [6, 6.07) is 1.30. The smallest absolute Gasteiger partial charge is 0.258 e. The molecule has 0 atom stereocenters. The molecule has 0 saturated carbocycles. The van der Waals surface area contributed by atoms with Crippen LogP contribution < -0.4 is 0 Å². The van der Waals surface area contributed by atoms with Crippen molar-refractivity contribution < 1.29 is 18.1 Å².